The van der Waals surface area contributed by atoms with E-state index in [1.165, 1.54) is 147 Å². The van der Waals surface area contributed by atoms with Crippen molar-refractivity contribution >= 4 is 0 Å². The van der Waals surface area contributed by atoms with Crippen molar-refractivity contribution in [2.75, 3.05) is 0 Å². The molecule has 2 heteroatoms. The molecule has 1 atom stereocenters. The number of nitrogens with one attached hydrogen (secondary N) is 1. The monoisotopic (exact) mass is 461 g/mol. The summed E-state index contributed by atoms with van der Waals surface area (Å²) in [5.74, 6) is 2.20. The first kappa shape index (κ1) is 30.2. The highest BCUT2D eigenvalue weighted by molar-refractivity contribution is 4.90. The lowest BCUT2D eigenvalue weighted by atomic mass is 9.93. The van der Waals surface area contributed by atoms with Gasteiger partial charge in [-0.2, -0.15) is 0 Å². The molecule has 0 saturated carbocycles. The maximum absolute atomic E-state index is 3.62. The number of aromatic nitrogens is 2. The second-order valence-corrected chi connectivity index (χ2v) is 11.0. The van der Waals surface area contributed by atoms with Crippen LogP contribution in [0.1, 0.15) is 187 Å². The maximum atomic E-state index is 3.62. The van der Waals surface area contributed by atoms with Crippen LogP contribution in [0.15, 0.2) is 12.4 Å². The normalized spacial score (nSPS) is 12.6. The maximum Gasteiger partial charge on any atom is 0.257 e. The van der Waals surface area contributed by atoms with E-state index in [2.05, 4.69) is 49.6 Å². The molecule has 0 saturated heterocycles. The summed E-state index contributed by atoms with van der Waals surface area (Å²) < 4.78 is 2.48. The van der Waals surface area contributed by atoms with Crippen LogP contribution in [-0.4, -0.2) is 4.98 Å². The van der Waals surface area contributed by atoms with Crippen molar-refractivity contribution in [3.8, 4) is 0 Å². The summed E-state index contributed by atoms with van der Waals surface area (Å²) >= 11 is 0. The van der Waals surface area contributed by atoms with Crippen LogP contribution in [0.4, 0.5) is 0 Å². The molecule has 0 aliphatic carbocycles. The van der Waals surface area contributed by atoms with Crippen LogP contribution in [0.25, 0.3) is 0 Å². The van der Waals surface area contributed by atoms with Gasteiger partial charge in [-0.15, -0.1) is 0 Å². The molecule has 1 aromatic heterocycles. The van der Waals surface area contributed by atoms with Gasteiger partial charge in [0.1, 0.15) is 12.4 Å². The molecule has 33 heavy (non-hydrogen) atoms. The van der Waals surface area contributed by atoms with E-state index in [4.69, 9.17) is 0 Å². The van der Waals surface area contributed by atoms with Gasteiger partial charge >= 0.3 is 0 Å². The molecular formula is C31H61N2+. The topological polar surface area (TPSA) is 19.7 Å². The predicted molar refractivity (Wildman–Crippen MR) is 147 cm³/mol. The molecule has 1 rings (SSSR count). The van der Waals surface area contributed by atoms with Crippen LogP contribution in [-0.2, 0) is 0 Å². The van der Waals surface area contributed by atoms with Crippen molar-refractivity contribution in [3.63, 3.8) is 0 Å². The molecule has 0 aromatic carbocycles. The molecule has 194 valence electrons. The van der Waals surface area contributed by atoms with Gasteiger partial charge in [-0.1, -0.05) is 142 Å². The predicted octanol–water partition coefficient (Wildman–Crippen LogP) is 10.6. The highest BCUT2D eigenvalue weighted by atomic mass is 15.1. The largest absolute Gasteiger partial charge is 0.257 e. The molecule has 0 amide bonds. The minimum atomic E-state index is 0.550. The number of H-pyrrole nitrogens is 1. The zero-order chi connectivity index (χ0) is 24.0. The second kappa shape index (κ2) is 21.7. The Bertz CT molecular complexity index is 519. The molecule has 2 nitrogen and oxygen atoms in total. The van der Waals surface area contributed by atoms with Crippen LogP contribution in [0.2, 0.25) is 0 Å². The van der Waals surface area contributed by atoms with Gasteiger partial charge in [0.25, 0.3) is 5.82 Å². The van der Waals surface area contributed by atoms with Gasteiger partial charge in [0.05, 0.1) is 12.0 Å². The van der Waals surface area contributed by atoms with E-state index in [1.54, 1.807) is 0 Å². The summed E-state index contributed by atoms with van der Waals surface area (Å²) in [7, 11) is 0. The molecular weight excluding hydrogens is 400 g/mol. The Balaban J connectivity index is 2.20. The number of imidazole rings is 1. The first-order valence-electron chi connectivity index (χ1n) is 15.3. The van der Waals surface area contributed by atoms with E-state index in [1.807, 2.05) is 0 Å². The van der Waals surface area contributed by atoms with E-state index in [0.29, 0.717) is 12.0 Å². The van der Waals surface area contributed by atoms with E-state index in [0.717, 1.165) is 0 Å². The van der Waals surface area contributed by atoms with Crippen LogP contribution < -0.4 is 4.57 Å². The Hall–Kier alpha value is -0.790. The number of unbranched alkanes of at least 4 members (excludes halogenated alkanes) is 18. The van der Waals surface area contributed by atoms with Gasteiger partial charge in [0.2, 0.25) is 0 Å². The Morgan fingerprint density at radius 3 is 1.30 bits per heavy atom. The number of aromatic amines is 1. The zero-order valence-corrected chi connectivity index (χ0v) is 23.3. The van der Waals surface area contributed by atoms with E-state index in [-0.39, 0.29) is 0 Å². The van der Waals surface area contributed by atoms with Crippen molar-refractivity contribution in [2.24, 2.45) is 0 Å². The number of nitrogens with zero attached hydrogens (tertiary/aromatic N) is 1. The molecule has 0 bridgehead atoms. The molecule has 1 heterocycles. The lowest BCUT2D eigenvalue weighted by Gasteiger charge is -2.15. The zero-order valence-electron chi connectivity index (χ0n) is 23.3. The standard InChI is InChI=1S/C31H60N2/c1-5-7-9-11-13-14-15-16-17-18-20-22-24-26-30(25-23-21-19-12-10-8-6-2)31-32-27-28-33(31)29(3)4/h27-30H,5-26H2,1-4H3/p+1/t30-/m0/s1. The molecule has 0 spiro atoms. The fourth-order valence-corrected chi connectivity index (χ4v) is 5.31. The minimum Gasteiger partial charge on any atom is -0.247 e. The summed E-state index contributed by atoms with van der Waals surface area (Å²) in [4.78, 5) is 3.62. The molecule has 0 aliphatic rings. The Morgan fingerprint density at radius 2 is 0.939 bits per heavy atom. The molecule has 0 radical (unpaired) electrons. The highest BCUT2D eigenvalue weighted by Crippen LogP contribution is 2.26. The number of rotatable bonds is 24. The third kappa shape index (κ3) is 15.7. The van der Waals surface area contributed by atoms with Gasteiger partial charge in [0.15, 0.2) is 0 Å². The molecule has 0 unspecified atom stereocenters. The number of hydrogen-bond acceptors (Lipinski definition) is 0. The minimum absolute atomic E-state index is 0.550. The van der Waals surface area contributed by atoms with Crippen LogP contribution >= 0.6 is 0 Å². The van der Waals surface area contributed by atoms with Crippen molar-refractivity contribution in [1.29, 1.82) is 0 Å². The lowest BCUT2D eigenvalue weighted by molar-refractivity contribution is -0.723. The SMILES string of the molecule is CCCCCCCCCCCCCCC[C@H](CCCCCCCCC)c1[nH]cc[n+]1C(C)C. The van der Waals surface area contributed by atoms with Gasteiger partial charge in [0, 0.05) is 0 Å². The molecule has 0 fully saturated rings. The Labute approximate surface area is 208 Å². The van der Waals surface area contributed by atoms with Gasteiger partial charge in [-0.05, 0) is 26.7 Å². The lowest BCUT2D eigenvalue weighted by Crippen LogP contribution is -2.39. The number of hydrogen-bond donors (Lipinski definition) is 1. The van der Waals surface area contributed by atoms with Crippen LogP contribution in [0, 0.1) is 0 Å². The Kier molecular flexibility index (Phi) is 19.9. The first-order chi connectivity index (χ1) is 16.2. The third-order valence-corrected chi connectivity index (χ3v) is 7.50. The average Bonchev–Trinajstić information content (AvgIpc) is 3.30. The van der Waals surface area contributed by atoms with Gasteiger partial charge < -0.3 is 0 Å². The van der Waals surface area contributed by atoms with E-state index >= 15 is 0 Å². The van der Waals surface area contributed by atoms with E-state index < -0.39 is 0 Å². The molecule has 1 aromatic rings. The molecule has 0 aliphatic heterocycles. The summed E-state index contributed by atoms with van der Waals surface area (Å²) in [6.07, 6.45) is 35.8. The smallest absolute Gasteiger partial charge is 0.247 e. The van der Waals surface area contributed by atoms with Crippen molar-refractivity contribution in [3.05, 3.63) is 18.2 Å². The molecule has 1 N–H and O–H groups in total. The average molecular weight is 462 g/mol. The van der Waals surface area contributed by atoms with Gasteiger partial charge in [-0.25, -0.2) is 9.55 Å². The Morgan fingerprint density at radius 1 is 0.576 bits per heavy atom. The highest BCUT2D eigenvalue weighted by Gasteiger charge is 2.23. The van der Waals surface area contributed by atoms with Gasteiger partial charge in [-0.3, -0.25) is 0 Å². The third-order valence-electron chi connectivity index (χ3n) is 7.50. The summed E-state index contributed by atoms with van der Waals surface area (Å²) in [5.41, 5.74) is 0. The summed E-state index contributed by atoms with van der Waals surface area (Å²) in [5, 5.41) is 0. The fraction of sp³-hybridized carbons (Fsp3) is 0.903. The summed E-state index contributed by atoms with van der Waals surface area (Å²) in [6.45, 7) is 9.24. The van der Waals surface area contributed by atoms with Crippen molar-refractivity contribution < 1.29 is 4.57 Å². The van der Waals surface area contributed by atoms with E-state index in [9.17, 15) is 0 Å². The van der Waals surface area contributed by atoms with Crippen molar-refractivity contribution in [2.45, 2.75) is 181 Å². The summed E-state index contributed by atoms with van der Waals surface area (Å²) in [6, 6.07) is 0.550. The van der Waals surface area contributed by atoms with Crippen LogP contribution in [0.3, 0.4) is 0 Å². The van der Waals surface area contributed by atoms with Crippen LogP contribution in [0.5, 0.6) is 0 Å². The fourth-order valence-electron chi connectivity index (χ4n) is 5.31. The second-order valence-electron chi connectivity index (χ2n) is 11.0. The first-order valence-corrected chi connectivity index (χ1v) is 15.3. The van der Waals surface area contributed by atoms with Crippen molar-refractivity contribution in [1.82, 2.24) is 4.98 Å². The quantitative estimate of drug-likeness (QED) is 0.117.